The third-order valence-electron chi connectivity index (χ3n) is 5.03. The summed E-state index contributed by atoms with van der Waals surface area (Å²) in [6, 6.07) is 4.80. The predicted molar refractivity (Wildman–Crippen MR) is 88.4 cm³/mol. The van der Waals surface area contributed by atoms with Crippen LogP contribution in [-0.2, 0) is 9.47 Å². The molecule has 6 nitrogen and oxygen atoms in total. The first-order chi connectivity index (χ1) is 11.7. The molecule has 2 N–H and O–H groups in total. The molecular formula is C18H25NO5. The molecule has 2 atom stereocenters. The predicted octanol–water partition coefficient (Wildman–Crippen LogP) is 1.96. The lowest BCUT2D eigenvalue weighted by Gasteiger charge is -2.39. The molecule has 1 amide bonds. The SMILES string of the molecule is COc1ccc(C(=O)N[C@H]2CCOC[C@H]2C2CCOCC2)cc1O. The van der Waals surface area contributed by atoms with E-state index in [1.807, 2.05) is 0 Å². The van der Waals surface area contributed by atoms with E-state index >= 15 is 0 Å². The van der Waals surface area contributed by atoms with Crippen LogP contribution in [-0.4, -0.2) is 50.6 Å². The maximum atomic E-state index is 12.6. The van der Waals surface area contributed by atoms with Crippen molar-refractivity contribution < 1.29 is 24.1 Å². The van der Waals surface area contributed by atoms with Crippen molar-refractivity contribution in [3.8, 4) is 11.5 Å². The molecule has 1 aromatic carbocycles. The van der Waals surface area contributed by atoms with Crippen molar-refractivity contribution in [3.05, 3.63) is 23.8 Å². The standard InChI is InChI=1S/C18H25NO5/c1-22-17-3-2-13(10-16(17)20)18(21)19-15-6-9-24-11-14(15)12-4-7-23-8-5-12/h2-3,10,12,14-15,20H,4-9,11H2,1H3,(H,19,21)/t14-,15-/m0/s1. The molecule has 0 aromatic heterocycles. The van der Waals surface area contributed by atoms with Crippen molar-refractivity contribution in [3.63, 3.8) is 0 Å². The van der Waals surface area contributed by atoms with Crippen molar-refractivity contribution in [2.24, 2.45) is 11.8 Å². The average molecular weight is 335 g/mol. The van der Waals surface area contributed by atoms with Gasteiger partial charge in [0.25, 0.3) is 5.91 Å². The van der Waals surface area contributed by atoms with Crippen LogP contribution in [0.5, 0.6) is 11.5 Å². The Balaban J connectivity index is 1.68. The zero-order chi connectivity index (χ0) is 16.9. The highest BCUT2D eigenvalue weighted by molar-refractivity contribution is 5.95. The van der Waals surface area contributed by atoms with E-state index in [-0.39, 0.29) is 17.7 Å². The Hall–Kier alpha value is -1.79. The minimum absolute atomic E-state index is 0.0295. The van der Waals surface area contributed by atoms with E-state index < -0.39 is 0 Å². The van der Waals surface area contributed by atoms with Crippen LogP contribution >= 0.6 is 0 Å². The number of aromatic hydroxyl groups is 1. The van der Waals surface area contributed by atoms with Crippen molar-refractivity contribution in [2.75, 3.05) is 33.5 Å². The Bertz CT molecular complexity index is 571. The highest BCUT2D eigenvalue weighted by atomic mass is 16.5. The summed E-state index contributed by atoms with van der Waals surface area (Å²) in [5.41, 5.74) is 0.436. The zero-order valence-corrected chi connectivity index (χ0v) is 14.0. The van der Waals surface area contributed by atoms with Gasteiger partial charge >= 0.3 is 0 Å². The summed E-state index contributed by atoms with van der Waals surface area (Å²) in [4.78, 5) is 12.6. The van der Waals surface area contributed by atoms with E-state index in [0.717, 1.165) is 32.5 Å². The van der Waals surface area contributed by atoms with E-state index in [4.69, 9.17) is 14.2 Å². The average Bonchev–Trinajstić information content (AvgIpc) is 2.63. The van der Waals surface area contributed by atoms with Gasteiger partial charge in [0.05, 0.1) is 13.7 Å². The van der Waals surface area contributed by atoms with Gasteiger partial charge in [0, 0.05) is 37.3 Å². The van der Waals surface area contributed by atoms with E-state index in [0.29, 0.717) is 36.4 Å². The summed E-state index contributed by atoms with van der Waals surface area (Å²) in [6.07, 6.45) is 2.85. The van der Waals surface area contributed by atoms with Gasteiger partial charge in [0.1, 0.15) is 0 Å². The topological polar surface area (TPSA) is 77.0 Å². The molecule has 2 aliphatic rings. The summed E-state index contributed by atoms with van der Waals surface area (Å²) in [5, 5.41) is 13.0. The number of hydrogen-bond donors (Lipinski definition) is 2. The minimum atomic E-state index is -0.170. The molecule has 2 heterocycles. The fourth-order valence-corrected chi connectivity index (χ4v) is 3.63. The second kappa shape index (κ2) is 7.85. The van der Waals surface area contributed by atoms with Crippen LogP contribution < -0.4 is 10.1 Å². The first-order valence-corrected chi connectivity index (χ1v) is 8.52. The molecular weight excluding hydrogens is 310 g/mol. The van der Waals surface area contributed by atoms with Gasteiger partial charge < -0.3 is 24.6 Å². The first-order valence-electron chi connectivity index (χ1n) is 8.52. The third kappa shape index (κ3) is 3.82. The normalized spacial score (nSPS) is 25.2. The number of phenols is 1. The molecule has 0 unspecified atom stereocenters. The van der Waals surface area contributed by atoms with Gasteiger partial charge in [-0.1, -0.05) is 0 Å². The minimum Gasteiger partial charge on any atom is -0.504 e. The Labute approximate surface area is 142 Å². The lowest BCUT2D eigenvalue weighted by Crippen LogP contribution is -2.49. The lowest BCUT2D eigenvalue weighted by atomic mass is 9.79. The fourth-order valence-electron chi connectivity index (χ4n) is 3.63. The fraction of sp³-hybridized carbons (Fsp3) is 0.611. The molecule has 2 aliphatic heterocycles. The lowest BCUT2D eigenvalue weighted by molar-refractivity contribution is -0.0259. The molecule has 1 aromatic rings. The quantitative estimate of drug-likeness (QED) is 0.880. The van der Waals surface area contributed by atoms with E-state index in [2.05, 4.69) is 5.32 Å². The number of methoxy groups -OCH3 is 1. The van der Waals surface area contributed by atoms with E-state index in [1.54, 1.807) is 12.1 Å². The van der Waals surface area contributed by atoms with Crippen LogP contribution in [0.15, 0.2) is 18.2 Å². The Morgan fingerprint density at radius 2 is 1.96 bits per heavy atom. The van der Waals surface area contributed by atoms with Gasteiger partial charge in [-0.3, -0.25) is 4.79 Å². The van der Waals surface area contributed by atoms with Gasteiger partial charge in [0.15, 0.2) is 11.5 Å². The van der Waals surface area contributed by atoms with Gasteiger partial charge in [-0.2, -0.15) is 0 Å². The molecule has 2 saturated heterocycles. The number of ether oxygens (including phenoxy) is 3. The number of rotatable bonds is 4. The number of phenolic OH excluding ortho intramolecular Hbond substituents is 1. The van der Waals surface area contributed by atoms with Gasteiger partial charge in [-0.05, 0) is 43.4 Å². The van der Waals surface area contributed by atoms with Crippen molar-refractivity contribution >= 4 is 5.91 Å². The smallest absolute Gasteiger partial charge is 0.251 e. The molecule has 132 valence electrons. The van der Waals surface area contributed by atoms with Gasteiger partial charge in [-0.15, -0.1) is 0 Å². The van der Waals surface area contributed by atoms with Crippen molar-refractivity contribution in [1.29, 1.82) is 0 Å². The van der Waals surface area contributed by atoms with Crippen LogP contribution in [0.4, 0.5) is 0 Å². The van der Waals surface area contributed by atoms with E-state index in [9.17, 15) is 9.90 Å². The van der Waals surface area contributed by atoms with Crippen LogP contribution in [0.3, 0.4) is 0 Å². The molecule has 24 heavy (non-hydrogen) atoms. The van der Waals surface area contributed by atoms with Crippen LogP contribution in [0.1, 0.15) is 29.6 Å². The summed E-state index contributed by atoms with van der Waals surface area (Å²) in [6.45, 7) is 2.92. The Morgan fingerprint density at radius 1 is 1.21 bits per heavy atom. The molecule has 0 spiro atoms. The largest absolute Gasteiger partial charge is 0.504 e. The molecule has 0 radical (unpaired) electrons. The second-order valence-corrected chi connectivity index (χ2v) is 6.44. The molecule has 0 bridgehead atoms. The maximum absolute atomic E-state index is 12.6. The summed E-state index contributed by atoms with van der Waals surface area (Å²) >= 11 is 0. The summed E-state index contributed by atoms with van der Waals surface area (Å²) in [5.74, 6) is 1.000. The van der Waals surface area contributed by atoms with Crippen molar-refractivity contribution in [2.45, 2.75) is 25.3 Å². The van der Waals surface area contributed by atoms with Crippen LogP contribution in [0.25, 0.3) is 0 Å². The first kappa shape index (κ1) is 17.0. The monoisotopic (exact) mass is 335 g/mol. The summed E-state index contributed by atoms with van der Waals surface area (Å²) in [7, 11) is 1.48. The number of carbonyl (C=O) groups is 1. The number of amides is 1. The molecule has 0 aliphatic carbocycles. The van der Waals surface area contributed by atoms with Gasteiger partial charge in [0.2, 0.25) is 0 Å². The second-order valence-electron chi connectivity index (χ2n) is 6.44. The summed E-state index contributed by atoms with van der Waals surface area (Å²) < 4.78 is 16.1. The van der Waals surface area contributed by atoms with E-state index in [1.165, 1.54) is 13.2 Å². The highest BCUT2D eigenvalue weighted by Gasteiger charge is 2.34. The third-order valence-corrected chi connectivity index (χ3v) is 5.03. The Morgan fingerprint density at radius 3 is 2.67 bits per heavy atom. The maximum Gasteiger partial charge on any atom is 0.251 e. The number of nitrogens with one attached hydrogen (secondary N) is 1. The molecule has 2 fully saturated rings. The number of carbonyl (C=O) groups excluding carboxylic acids is 1. The number of hydrogen-bond acceptors (Lipinski definition) is 5. The molecule has 0 saturated carbocycles. The van der Waals surface area contributed by atoms with Gasteiger partial charge in [-0.25, -0.2) is 0 Å². The zero-order valence-electron chi connectivity index (χ0n) is 14.0. The van der Waals surface area contributed by atoms with Crippen molar-refractivity contribution in [1.82, 2.24) is 5.32 Å². The number of benzene rings is 1. The Kier molecular flexibility index (Phi) is 5.58. The van der Waals surface area contributed by atoms with Crippen LogP contribution in [0, 0.1) is 11.8 Å². The van der Waals surface area contributed by atoms with Crippen LogP contribution in [0.2, 0.25) is 0 Å². The molecule has 6 heteroatoms. The highest BCUT2D eigenvalue weighted by Crippen LogP contribution is 2.31. The molecule has 3 rings (SSSR count).